The molecule has 3 heterocycles. The number of hydrogen-bond acceptors (Lipinski definition) is 5. The summed E-state index contributed by atoms with van der Waals surface area (Å²) >= 11 is 0. The number of halogens is 1. The van der Waals surface area contributed by atoms with Crippen molar-refractivity contribution in [2.24, 2.45) is 0 Å². The number of carbonyl (C=O) groups is 1. The lowest BCUT2D eigenvalue weighted by Gasteiger charge is -2.35. The minimum atomic E-state index is -0.299. The fourth-order valence-electron chi connectivity index (χ4n) is 4.55. The van der Waals surface area contributed by atoms with Crippen LogP contribution in [0.3, 0.4) is 0 Å². The largest absolute Gasteiger partial charge is 0.352 e. The van der Waals surface area contributed by atoms with E-state index in [1.807, 2.05) is 18.7 Å². The van der Waals surface area contributed by atoms with Gasteiger partial charge in [-0.15, -0.1) is 0 Å². The van der Waals surface area contributed by atoms with E-state index in [4.69, 9.17) is 15.1 Å². The summed E-state index contributed by atoms with van der Waals surface area (Å²) in [6.45, 7) is 9.07. The van der Waals surface area contributed by atoms with E-state index in [0.717, 1.165) is 28.1 Å². The average molecular weight is 488 g/mol. The zero-order chi connectivity index (χ0) is 25.2. The van der Waals surface area contributed by atoms with Crippen molar-refractivity contribution in [1.29, 1.82) is 0 Å². The van der Waals surface area contributed by atoms with Crippen LogP contribution >= 0.6 is 0 Å². The SMILES string of the molecule is CCNC(=O)N1CCN(c2nc(Cc3ccc(C)cc3)nc3c2c(C)nn3-c2ccc(F)cc2)CC1. The molecule has 0 unspecified atom stereocenters. The molecule has 1 aliphatic rings. The highest BCUT2D eigenvalue weighted by Crippen LogP contribution is 2.30. The number of hydrogen-bond donors (Lipinski definition) is 1. The number of amides is 2. The normalized spacial score (nSPS) is 13.9. The maximum Gasteiger partial charge on any atom is 0.317 e. The minimum Gasteiger partial charge on any atom is -0.352 e. The Kier molecular flexibility index (Phi) is 6.54. The van der Waals surface area contributed by atoms with E-state index in [1.165, 1.54) is 17.7 Å². The molecular weight excluding hydrogens is 457 g/mol. The first kappa shape index (κ1) is 23.7. The maximum atomic E-state index is 13.6. The van der Waals surface area contributed by atoms with Gasteiger partial charge >= 0.3 is 6.03 Å². The van der Waals surface area contributed by atoms with E-state index in [0.29, 0.717) is 50.6 Å². The van der Waals surface area contributed by atoms with Crippen molar-refractivity contribution in [3.63, 3.8) is 0 Å². The van der Waals surface area contributed by atoms with Crippen LogP contribution in [0.2, 0.25) is 0 Å². The molecule has 0 spiro atoms. The molecule has 1 aliphatic heterocycles. The first-order chi connectivity index (χ1) is 17.4. The van der Waals surface area contributed by atoms with Gasteiger partial charge in [0.25, 0.3) is 0 Å². The molecule has 0 atom stereocenters. The average Bonchev–Trinajstić information content (AvgIpc) is 3.22. The van der Waals surface area contributed by atoms with Gasteiger partial charge in [-0.1, -0.05) is 29.8 Å². The highest BCUT2D eigenvalue weighted by Gasteiger charge is 2.26. The number of piperazine rings is 1. The third-order valence-corrected chi connectivity index (χ3v) is 6.48. The molecule has 2 amide bonds. The van der Waals surface area contributed by atoms with Crippen molar-refractivity contribution >= 4 is 22.9 Å². The van der Waals surface area contributed by atoms with E-state index in [2.05, 4.69) is 41.4 Å². The standard InChI is InChI=1S/C27H30FN7O/c1-4-29-27(36)34-15-13-33(14-16-34)25-24-19(3)32-35(22-11-9-21(28)10-12-22)26(24)31-23(30-25)17-20-7-5-18(2)6-8-20/h5-12H,4,13-17H2,1-3H3,(H,29,36). The van der Waals surface area contributed by atoms with Gasteiger partial charge in [0.15, 0.2) is 5.65 Å². The molecule has 186 valence electrons. The van der Waals surface area contributed by atoms with Crippen LogP contribution in [0.1, 0.15) is 29.6 Å². The Morgan fingerprint density at radius 3 is 2.33 bits per heavy atom. The van der Waals surface area contributed by atoms with Gasteiger partial charge in [0.2, 0.25) is 0 Å². The van der Waals surface area contributed by atoms with Crippen molar-refractivity contribution in [3.05, 3.63) is 77.0 Å². The zero-order valence-corrected chi connectivity index (χ0v) is 20.8. The summed E-state index contributed by atoms with van der Waals surface area (Å²) in [7, 11) is 0. The van der Waals surface area contributed by atoms with Gasteiger partial charge in [-0.2, -0.15) is 5.10 Å². The molecule has 1 saturated heterocycles. The second-order valence-electron chi connectivity index (χ2n) is 9.11. The number of anilines is 1. The number of carbonyl (C=O) groups excluding carboxylic acids is 1. The molecule has 2 aromatic carbocycles. The predicted molar refractivity (Wildman–Crippen MR) is 138 cm³/mol. The Hall–Kier alpha value is -4.01. The number of nitrogens with zero attached hydrogens (tertiary/aromatic N) is 6. The fraction of sp³-hybridized carbons (Fsp3) is 0.333. The predicted octanol–water partition coefficient (Wildman–Crippen LogP) is 4.01. The van der Waals surface area contributed by atoms with Crippen molar-refractivity contribution in [2.45, 2.75) is 27.2 Å². The number of aryl methyl sites for hydroxylation is 2. The van der Waals surface area contributed by atoms with Crippen molar-refractivity contribution in [2.75, 3.05) is 37.6 Å². The van der Waals surface area contributed by atoms with Crippen LogP contribution < -0.4 is 10.2 Å². The van der Waals surface area contributed by atoms with Crippen molar-refractivity contribution in [3.8, 4) is 5.69 Å². The number of fused-ring (bicyclic) bond motifs is 1. The first-order valence-electron chi connectivity index (χ1n) is 12.3. The highest BCUT2D eigenvalue weighted by molar-refractivity contribution is 5.91. The van der Waals surface area contributed by atoms with Crippen molar-refractivity contribution in [1.82, 2.24) is 30.0 Å². The monoisotopic (exact) mass is 487 g/mol. The summed E-state index contributed by atoms with van der Waals surface area (Å²) in [4.78, 5) is 26.3. The van der Waals surface area contributed by atoms with E-state index in [-0.39, 0.29) is 11.8 Å². The molecule has 0 saturated carbocycles. The van der Waals surface area contributed by atoms with Gasteiger partial charge in [0.1, 0.15) is 17.5 Å². The van der Waals surface area contributed by atoms with Crippen LogP contribution in [0.25, 0.3) is 16.7 Å². The summed E-state index contributed by atoms with van der Waals surface area (Å²) in [5, 5.41) is 8.51. The third kappa shape index (κ3) is 4.73. The lowest BCUT2D eigenvalue weighted by atomic mass is 10.1. The minimum absolute atomic E-state index is 0.0367. The smallest absolute Gasteiger partial charge is 0.317 e. The van der Waals surface area contributed by atoms with Crippen LogP contribution in [0, 0.1) is 19.7 Å². The van der Waals surface area contributed by atoms with E-state index < -0.39 is 0 Å². The summed E-state index contributed by atoms with van der Waals surface area (Å²) in [5.41, 5.74) is 4.55. The Labute approximate surface area is 209 Å². The molecule has 0 aliphatic carbocycles. The number of rotatable bonds is 5. The lowest BCUT2D eigenvalue weighted by Crippen LogP contribution is -2.52. The topological polar surface area (TPSA) is 79.2 Å². The molecule has 0 bridgehead atoms. The summed E-state index contributed by atoms with van der Waals surface area (Å²) in [5.74, 6) is 1.21. The van der Waals surface area contributed by atoms with Crippen LogP contribution in [0.15, 0.2) is 48.5 Å². The molecule has 0 radical (unpaired) electrons. The molecule has 5 rings (SSSR count). The highest BCUT2D eigenvalue weighted by atomic mass is 19.1. The van der Waals surface area contributed by atoms with Crippen LogP contribution in [-0.4, -0.2) is 63.4 Å². The van der Waals surface area contributed by atoms with E-state index in [9.17, 15) is 9.18 Å². The summed E-state index contributed by atoms with van der Waals surface area (Å²) in [6, 6.07) is 14.6. The third-order valence-electron chi connectivity index (χ3n) is 6.48. The summed E-state index contributed by atoms with van der Waals surface area (Å²) < 4.78 is 15.4. The van der Waals surface area contributed by atoms with Crippen LogP contribution in [0.5, 0.6) is 0 Å². The number of benzene rings is 2. The Balaban J connectivity index is 1.56. The van der Waals surface area contributed by atoms with E-state index in [1.54, 1.807) is 16.8 Å². The first-order valence-corrected chi connectivity index (χ1v) is 12.3. The van der Waals surface area contributed by atoms with E-state index >= 15 is 0 Å². The molecular formula is C27H30FN7O. The molecule has 8 nitrogen and oxygen atoms in total. The number of aromatic nitrogens is 4. The molecule has 2 aromatic heterocycles. The molecule has 1 fully saturated rings. The number of urea groups is 1. The Bertz CT molecular complexity index is 1370. The molecule has 36 heavy (non-hydrogen) atoms. The fourth-order valence-corrected chi connectivity index (χ4v) is 4.55. The van der Waals surface area contributed by atoms with Gasteiger partial charge in [-0.3, -0.25) is 0 Å². The molecule has 4 aromatic rings. The van der Waals surface area contributed by atoms with Gasteiger partial charge in [-0.25, -0.2) is 23.8 Å². The second-order valence-corrected chi connectivity index (χ2v) is 9.11. The Morgan fingerprint density at radius 1 is 0.972 bits per heavy atom. The number of nitrogens with one attached hydrogen (secondary N) is 1. The van der Waals surface area contributed by atoms with Crippen molar-refractivity contribution < 1.29 is 9.18 Å². The summed E-state index contributed by atoms with van der Waals surface area (Å²) in [6.07, 6.45) is 0.579. The Morgan fingerprint density at radius 2 is 1.67 bits per heavy atom. The second kappa shape index (κ2) is 9.93. The molecule has 1 N–H and O–H groups in total. The molecule has 9 heteroatoms. The van der Waals surface area contributed by atoms with Gasteiger partial charge in [0, 0.05) is 39.1 Å². The van der Waals surface area contributed by atoms with Gasteiger partial charge < -0.3 is 15.1 Å². The van der Waals surface area contributed by atoms with Crippen LogP contribution in [0.4, 0.5) is 15.0 Å². The van der Waals surface area contributed by atoms with Gasteiger partial charge in [-0.05, 0) is 50.6 Å². The van der Waals surface area contributed by atoms with Gasteiger partial charge in [0.05, 0.1) is 16.8 Å². The maximum absolute atomic E-state index is 13.6. The lowest BCUT2D eigenvalue weighted by molar-refractivity contribution is 0.195. The van der Waals surface area contributed by atoms with Crippen LogP contribution in [-0.2, 0) is 6.42 Å². The quantitative estimate of drug-likeness (QED) is 0.460. The zero-order valence-electron chi connectivity index (χ0n) is 20.8.